The first-order chi connectivity index (χ1) is 6.77. The van der Waals surface area contributed by atoms with E-state index in [1.165, 1.54) is 16.2 Å². The predicted octanol–water partition coefficient (Wildman–Crippen LogP) is 1.75. The summed E-state index contributed by atoms with van der Waals surface area (Å²) in [7, 11) is 0. The standard InChI is InChI=1S/C10H9NO.Al.O/c1-7-5-6-8-3-2-4-9(12)10(8)11-7;;/h2-6,12H,1H3;;. The Hall–Kier alpha value is -1.24. The number of pyridine rings is 1. The molecule has 1 radical (unpaired) electrons. The topological polar surface area (TPSA) is 50.2 Å². The van der Waals surface area contributed by atoms with Crippen LogP contribution in [0.1, 0.15) is 5.69 Å². The van der Waals surface area contributed by atoms with E-state index < -0.39 is 0 Å². The number of phenolic OH excluding ortho intramolecular Hbond substituents is 1. The maximum absolute atomic E-state index is 9.43. The fraction of sp³-hybridized carbons (Fsp3) is 0.100. The SMILES string of the molecule is Cc1ccc2cccc(O)c2n1.[O]=[Al]. The van der Waals surface area contributed by atoms with Crippen LogP contribution in [0.25, 0.3) is 10.9 Å². The van der Waals surface area contributed by atoms with Gasteiger partial charge in [-0.25, -0.2) is 4.98 Å². The number of aromatic nitrogens is 1. The molecule has 3 nitrogen and oxygen atoms in total. The number of benzene rings is 1. The fourth-order valence-electron chi connectivity index (χ4n) is 1.23. The Kier molecular flexibility index (Phi) is 3.75. The zero-order valence-corrected chi connectivity index (χ0v) is 8.92. The Morgan fingerprint density at radius 1 is 1.21 bits per heavy atom. The van der Waals surface area contributed by atoms with Crippen molar-refractivity contribution in [2.45, 2.75) is 6.92 Å². The molecule has 0 aliphatic carbocycles. The van der Waals surface area contributed by atoms with Gasteiger partial charge in [-0.1, -0.05) is 18.2 Å². The van der Waals surface area contributed by atoms with E-state index >= 15 is 0 Å². The number of hydrogen-bond donors (Lipinski definition) is 1. The first-order valence-electron chi connectivity index (χ1n) is 4.06. The number of para-hydroxylation sites is 1. The third-order valence-electron chi connectivity index (χ3n) is 1.84. The zero-order chi connectivity index (χ0) is 10.6. The second-order valence-corrected chi connectivity index (χ2v) is 2.80. The summed E-state index contributed by atoms with van der Waals surface area (Å²) < 4.78 is 8.17. The van der Waals surface area contributed by atoms with Crippen LogP contribution < -0.4 is 0 Å². The van der Waals surface area contributed by atoms with E-state index in [0.717, 1.165) is 11.1 Å². The summed E-state index contributed by atoms with van der Waals surface area (Å²) in [4.78, 5) is 4.23. The molecule has 0 amide bonds. The summed E-state index contributed by atoms with van der Waals surface area (Å²) in [6.07, 6.45) is 0. The molecule has 0 fully saturated rings. The monoisotopic (exact) mass is 202 g/mol. The van der Waals surface area contributed by atoms with E-state index in [4.69, 9.17) is 3.80 Å². The van der Waals surface area contributed by atoms with Crippen molar-refractivity contribution in [3.05, 3.63) is 36.0 Å². The van der Waals surface area contributed by atoms with E-state index in [2.05, 4.69) is 4.98 Å². The van der Waals surface area contributed by atoms with Gasteiger partial charge in [-0.15, -0.1) is 0 Å². The molecule has 0 saturated carbocycles. The molecule has 0 aliphatic rings. The van der Waals surface area contributed by atoms with Crippen molar-refractivity contribution in [1.29, 1.82) is 0 Å². The van der Waals surface area contributed by atoms with Gasteiger partial charge in [-0.3, -0.25) is 0 Å². The number of hydrogen-bond acceptors (Lipinski definition) is 3. The normalized spacial score (nSPS) is 9.14. The first kappa shape index (κ1) is 10.8. The van der Waals surface area contributed by atoms with Gasteiger partial charge in [0.25, 0.3) is 0 Å². The van der Waals surface area contributed by atoms with Gasteiger partial charge in [0, 0.05) is 11.1 Å². The second-order valence-electron chi connectivity index (χ2n) is 2.80. The Morgan fingerprint density at radius 3 is 2.64 bits per heavy atom. The van der Waals surface area contributed by atoms with E-state index in [0.29, 0.717) is 5.52 Å². The quantitative estimate of drug-likeness (QED) is 0.662. The summed E-state index contributed by atoms with van der Waals surface area (Å²) in [5, 5.41) is 10.4. The van der Waals surface area contributed by atoms with Crippen LogP contribution in [-0.4, -0.2) is 26.3 Å². The molecule has 0 atom stereocenters. The number of aromatic hydroxyl groups is 1. The molecular formula is C10H9AlNO2. The number of phenols is 1. The third kappa shape index (κ3) is 2.17. The minimum absolute atomic E-state index is 0.246. The van der Waals surface area contributed by atoms with Crippen molar-refractivity contribution in [2.24, 2.45) is 0 Å². The Labute approximate surface area is 90.0 Å². The van der Waals surface area contributed by atoms with Crippen molar-refractivity contribution in [3.63, 3.8) is 0 Å². The van der Waals surface area contributed by atoms with Crippen LogP contribution in [0.2, 0.25) is 0 Å². The van der Waals surface area contributed by atoms with Gasteiger partial charge in [-0.2, -0.15) is 0 Å². The molecule has 1 N–H and O–H groups in total. The summed E-state index contributed by atoms with van der Waals surface area (Å²) in [5.74, 6) is 0.246. The molecule has 0 unspecified atom stereocenters. The number of nitrogens with zero attached hydrogens (tertiary/aromatic N) is 1. The van der Waals surface area contributed by atoms with Gasteiger partial charge in [0.2, 0.25) is 0 Å². The van der Waals surface area contributed by atoms with Crippen molar-refractivity contribution in [1.82, 2.24) is 4.98 Å². The fourth-order valence-corrected chi connectivity index (χ4v) is 1.23. The molecule has 0 aliphatic heterocycles. The summed E-state index contributed by atoms with van der Waals surface area (Å²) in [6, 6.07) is 9.28. The van der Waals surface area contributed by atoms with Gasteiger partial charge < -0.3 is 5.11 Å². The average Bonchev–Trinajstić information content (AvgIpc) is 2.22. The maximum atomic E-state index is 9.43. The van der Waals surface area contributed by atoms with Gasteiger partial charge in [0.05, 0.1) is 0 Å². The van der Waals surface area contributed by atoms with Crippen molar-refractivity contribution >= 4 is 27.1 Å². The van der Waals surface area contributed by atoms with Gasteiger partial charge in [0.1, 0.15) is 11.3 Å². The molecule has 1 aromatic heterocycles. The van der Waals surface area contributed by atoms with E-state index in [-0.39, 0.29) is 5.75 Å². The van der Waals surface area contributed by atoms with Crippen LogP contribution in [0, 0.1) is 6.92 Å². The van der Waals surface area contributed by atoms with Crippen LogP contribution in [-0.2, 0) is 3.80 Å². The Morgan fingerprint density at radius 2 is 1.93 bits per heavy atom. The minimum atomic E-state index is 0.246. The first-order valence-corrected chi connectivity index (χ1v) is 4.53. The van der Waals surface area contributed by atoms with Crippen LogP contribution in [0.5, 0.6) is 5.75 Å². The number of fused-ring (bicyclic) bond motifs is 1. The molecule has 1 aromatic carbocycles. The van der Waals surface area contributed by atoms with Crippen LogP contribution in [0.15, 0.2) is 30.3 Å². The van der Waals surface area contributed by atoms with E-state index in [9.17, 15) is 5.11 Å². The molecule has 1 heterocycles. The van der Waals surface area contributed by atoms with Gasteiger partial charge >= 0.3 is 20.0 Å². The summed E-state index contributed by atoms with van der Waals surface area (Å²) in [5.41, 5.74) is 1.60. The zero-order valence-electron chi connectivity index (χ0n) is 7.77. The molecular weight excluding hydrogens is 193 g/mol. The van der Waals surface area contributed by atoms with Crippen molar-refractivity contribution in [3.8, 4) is 5.75 Å². The molecule has 0 spiro atoms. The molecule has 69 valence electrons. The molecule has 2 aromatic rings. The Balaban J connectivity index is 0.000000461. The van der Waals surface area contributed by atoms with E-state index in [1.807, 2.05) is 31.2 Å². The van der Waals surface area contributed by atoms with Crippen molar-refractivity contribution in [2.75, 3.05) is 0 Å². The molecule has 2 rings (SSSR count). The average molecular weight is 202 g/mol. The molecule has 14 heavy (non-hydrogen) atoms. The number of rotatable bonds is 0. The van der Waals surface area contributed by atoms with Gasteiger partial charge in [-0.05, 0) is 19.1 Å². The summed E-state index contributed by atoms with van der Waals surface area (Å²) in [6.45, 7) is 1.91. The second kappa shape index (κ2) is 4.85. The molecule has 0 bridgehead atoms. The predicted molar refractivity (Wildman–Crippen MR) is 54.6 cm³/mol. The Bertz CT molecular complexity index is 445. The van der Waals surface area contributed by atoms with Crippen LogP contribution >= 0.6 is 0 Å². The van der Waals surface area contributed by atoms with Crippen molar-refractivity contribution < 1.29 is 8.91 Å². The van der Waals surface area contributed by atoms with Crippen LogP contribution in [0.4, 0.5) is 0 Å². The molecule has 0 saturated heterocycles. The number of aryl methyl sites for hydroxylation is 1. The third-order valence-corrected chi connectivity index (χ3v) is 1.84. The van der Waals surface area contributed by atoms with Gasteiger partial charge in [0.15, 0.2) is 0 Å². The summed E-state index contributed by atoms with van der Waals surface area (Å²) >= 11 is 1.17. The van der Waals surface area contributed by atoms with Crippen LogP contribution in [0.3, 0.4) is 0 Å². The molecule has 4 heteroatoms. The van der Waals surface area contributed by atoms with E-state index in [1.54, 1.807) is 6.07 Å².